The van der Waals surface area contributed by atoms with Crippen LogP contribution in [0.5, 0.6) is 0 Å². The molecule has 2 aliphatic rings. The van der Waals surface area contributed by atoms with Gasteiger partial charge in [0.2, 0.25) is 0 Å². The maximum Gasteiger partial charge on any atom is 0.0159 e. The monoisotopic (exact) mass is 584 g/mol. The Labute approximate surface area is 268 Å². The highest BCUT2D eigenvalue weighted by atomic mass is 14.5. The topological polar surface area (TPSA) is 0 Å². The van der Waals surface area contributed by atoms with E-state index in [0.29, 0.717) is 0 Å². The van der Waals surface area contributed by atoms with E-state index in [1.54, 1.807) is 0 Å². The van der Waals surface area contributed by atoms with Crippen LogP contribution in [0, 0.1) is 0 Å². The van der Waals surface area contributed by atoms with Crippen LogP contribution in [0.3, 0.4) is 0 Å². The Morgan fingerprint density at radius 3 is 1.52 bits per heavy atom. The van der Waals surface area contributed by atoms with E-state index in [0.717, 1.165) is 0 Å². The molecule has 0 N–H and O–H groups in total. The molecule has 0 atom stereocenters. The van der Waals surface area contributed by atoms with Crippen LogP contribution < -0.4 is 0 Å². The summed E-state index contributed by atoms with van der Waals surface area (Å²) in [5.74, 6) is 0. The predicted molar refractivity (Wildman–Crippen MR) is 198 cm³/mol. The summed E-state index contributed by atoms with van der Waals surface area (Å²) in [6.45, 7) is 9.74. The molecule has 0 heterocycles. The molecule has 11 rings (SSSR count). The van der Waals surface area contributed by atoms with Gasteiger partial charge in [0.25, 0.3) is 0 Å². The van der Waals surface area contributed by atoms with Gasteiger partial charge in [0.1, 0.15) is 0 Å². The van der Waals surface area contributed by atoms with Crippen molar-refractivity contribution in [3.63, 3.8) is 0 Å². The molecule has 0 saturated heterocycles. The highest BCUT2D eigenvalue weighted by Gasteiger charge is 2.42. The average molecular weight is 585 g/mol. The van der Waals surface area contributed by atoms with Crippen LogP contribution in [0.15, 0.2) is 121 Å². The number of rotatable bonds is 0. The Kier molecular flexibility index (Phi) is 4.33. The molecule has 9 aromatic carbocycles. The number of fused-ring (bicyclic) bond motifs is 13. The summed E-state index contributed by atoms with van der Waals surface area (Å²) in [4.78, 5) is 0. The largest absolute Gasteiger partial charge is 0.0616 e. The fourth-order valence-electron chi connectivity index (χ4n) is 9.64. The third-order valence-corrected chi connectivity index (χ3v) is 11.9. The molecule has 2 aliphatic carbocycles. The summed E-state index contributed by atoms with van der Waals surface area (Å²) in [5, 5.41) is 16.2. The van der Waals surface area contributed by atoms with Gasteiger partial charge in [0.05, 0.1) is 0 Å². The van der Waals surface area contributed by atoms with E-state index in [-0.39, 0.29) is 10.8 Å². The summed E-state index contributed by atoms with van der Waals surface area (Å²) in [5.41, 5.74) is 11.2. The van der Waals surface area contributed by atoms with Crippen molar-refractivity contribution in [2.75, 3.05) is 0 Å². The van der Waals surface area contributed by atoms with Gasteiger partial charge in [-0.2, -0.15) is 0 Å². The van der Waals surface area contributed by atoms with E-state index in [1.165, 1.54) is 109 Å². The molecule has 0 aliphatic heterocycles. The maximum atomic E-state index is 2.58. The molecule has 216 valence electrons. The molecule has 0 nitrogen and oxygen atoms in total. The summed E-state index contributed by atoms with van der Waals surface area (Å²) in [6, 6.07) is 46.6. The van der Waals surface area contributed by atoms with Crippen LogP contribution in [-0.4, -0.2) is 0 Å². The lowest BCUT2D eigenvalue weighted by atomic mass is 9.79. The second-order valence-electron chi connectivity index (χ2n) is 14.9. The molecule has 0 amide bonds. The first-order chi connectivity index (χ1) is 22.3. The normalized spacial score (nSPS) is 15.7. The molecule has 0 spiro atoms. The third kappa shape index (κ3) is 2.80. The van der Waals surface area contributed by atoms with Gasteiger partial charge in [0.15, 0.2) is 0 Å². The van der Waals surface area contributed by atoms with E-state index in [4.69, 9.17) is 0 Å². The van der Waals surface area contributed by atoms with Crippen LogP contribution in [0.25, 0.3) is 86.9 Å². The van der Waals surface area contributed by atoms with Gasteiger partial charge in [-0.25, -0.2) is 0 Å². The second kappa shape index (κ2) is 7.95. The van der Waals surface area contributed by atoms with E-state index in [2.05, 4.69) is 149 Å². The van der Waals surface area contributed by atoms with Crippen molar-refractivity contribution in [1.82, 2.24) is 0 Å². The number of hydrogen-bond donors (Lipinski definition) is 0. The van der Waals surface area contributed by atoms with Crippen molar-refractivity contribution >= 4 is 64.6 Å². The summed E-state index contributed by atoms with van der Waals surface area (Å²) in [6.07, 6.45) is 0. The summed E-state index contributed by atoms with van der Waals surface area (Å²) >= 11 is 0. The van der Waals surface area contributed by atoms with Crippen molar-refractivity contribution < 1.29 is 0 Å². The Bertz CT molecular complexity index is 2830. The molecule has 0 bridgehead atoms. The fourth-order valence-corrected chi connectivity index (χ4v) is 9.64. The lowest BCUT2D eigenvalue weighted by Crippen LogP contribution is -2.17. The summed E-state index contributed by atoms with van der Waals surface area (Å²) in [7, 11) is 0. The van der Waals surface area contributed by atoms with Crippen LogP contribution in [-0.2, 0) is 10.8 Å². The molecule has 46 heavy (non-hydrogen) atoms. The molecular formula is C46H32. The lowest BCUT2D eigenvalue weighted by molar-refractivity contribution is 0.653. The Morgan fingerprint density at radius 2 is 0.826 bits per heavy atom. The minimum Gasteiger partial charge on any atom is -0.0616 e. The van der Waals surface area contributed by atoms with Gasteiger partial charge in [-0.05, 0) is 139 Å². The lowest BCUT2D eigenvalue weighted by Gasteiger charge is -2.24. The standard InChI is InChI=1S/C46H32/c1-45(2)38-22-34-31-15-8-6-13-29(31)28-12-5-7-14-30(28)33(34)21-35(38)36-23-40-37(24-39(36)45)44-32-19-18-26-11-9-10-25-16-17-27(43(32)42(25)26)20-41(44)46(40,3)4/h5-24H,1-4H3. The molecule has 0 aromatic heterocycles. The van der Waals surface area contributed by atoms with E-state index < -0.39 is 0 Å². The number of benzene rings is 9. The van der Waals surface area contributed by atoms with Gasteiger partial charge in [0, 0.05) is 10.8 Å². The van der Waals surface area contributed by atoms with E-state index in [9.17, 15) is 0 Å². The zero-order chi connectivity index (χ0) is 30.7. The van der Waals surface area contributed by atoms with Gasteiger partial charge in [-0.3, -0.25) is 0 Å². The van der Waals surface area contributed by atoms with Crippen molar-refractivity contribution in [2.24, 2.45) is 0 Å². The number of hydrogen-bond acceptors (Lipinski definition) is 0. The second-order valence-corrected chi connectivity index (χ2v) is 14.9. The molecule has 0 radical (unpaired) electrons. The predicted octanol–water partition coefficient (Wildman–Crippen LogP) is 12.7. The maximum absolute atomic E-state index is 2.58. The minimum atomic E-state index is -0.114. The molecule has 0 saturated carbocycles. The van der Waals surface area contributed by atoms with Crippen molar-refractivity contribution in [1.29, 1.82) is 0 Å². The molecular weight excluding hydrogens is 553 g/mol. The molecule has 9 aromatic rings. The van der Waals surface area contributed by atoms with Crippen LogP contribution >= 0.6 is 0 Å². The Balaban J connectivity index is 1.24. The zero-order valence-corrected chi connectivity index (χ0v) is 26.5. The molecule has 0 heteroatoms. The zero-order valence-electron chi connectivity index (χ0n) is 26.5. The average Bonchev–Trinajstić information content (AvgIpc) is 3.44. The highest BCUT2D eigenvalue weighted by Crippen LogP contribution is 2.59. The van der Waals surface area contributed by atoms with Gasteiger partial charge < -0.3 is 0 Å². The van der Waals surface area contributed by atoms with E-state index >= 15 is 0 Å². The van der Waals surface area contributed by atoms with Gasteiger partial charge >= 0.3 is 0 Å². The van der Waals surface area contributed by atoms with Crippen molar-refractivity contribution in [3.05, 3.63) is 144 Å². The Morgan fingerprint density at radius 1 is 0.326 bits per heavy atom. The van der Waals surface area contributed by atoms with Crippen LogP contribution in [0.1, 0.15) is 49.9 Å². The fraction of sp³-hybridized carbons (Fsp3) is 0.130. The summed E-state index contributed by atoms with van der Waals surface area (Å²) < 4.78 is 0. The van der Waals surface area contributed by atoms with Gasteiger partial charge in [-0.15, -0.1) is 0 Å². The van der Waals surface area contributed by atoms with Crippen LogP contribution in [0.2, 0.25) is 0 Å². The van der Waals surface area contributed by atoms with Crippen molar-refractivity contribution in [2.45, 2.75) is 38.5 Å². The smallest absolute Gasteiger partial charge is 0.0159 e. The van der Waals surface area contributed by atoms with Crippen LogP contribution in [0.4, 0.5) is 0 Å². The minimum absolute atomic E-state index is 0.100. The molecule has 0 unspecified atom stereocenters. The first kappa shape index (κ1) is 25.0. The Hall–Kier alpha value is -5.20. The first-order valence-corrected chi connectivity index (χ1v) is 16.6. The quantitative estimate of drug-likeness (QED) is 0.156. The highest BCUT2D eigenvalue weighted by molar-refractivity contribution is 6.28. The van der Waals surface area contributed by atoms with Crippen molar-refractivity contribution in [3.8, 4) is 22.3 Å². The van der Waals surface area contributed by atoms with Gasteiger partial charge in [-0.1, -0.05) is 119 Å². The van der Waals surface area contributed by atoms with E-state index in [1.807, 2.05) is 0 Å². The SMILES string of the molecule is CC1(C)c2cc3c(cc2-c2cc4c5ccccc5c5ccccc5c4cc21)C(C)(C)c1cc2ccc4cccc5ccc(c1-3)c2c45. The first-order valence-electron chi connectivity index (χ1n) is 16.6. The molecule has 0 fully saturated rings. The third-order valence-electron chi connectivity index (χ3n) is 11.9.